The minimum Gasteiger partial charge on any atom is -0.494 e. The number of benzene rings is 2. The van der Waals surface area contributed by atoms with E-state index in [1.807, 2.05) is 24.3 Å². The molecule has 24 heavy (non-hydrogen) atoms. The molecule has 128 valence electrons. The van der Waals surface area contributed by atoms with Gasteiger partial charge in [0.15, 0.2) is 0 Å². The summed E-state index contributed by atoms with van der Waals surface area (Å²) in [7, 11) is 0. The van der Waals surface area contributed by atoms with Crippen LogP contribution >= 0.6 is 0 Å². The molecule has 0 saturated carbocycles. The van der Waals surface area contributed by atoms with Gasteiger partial charge in [0.25, 0.3) is 0 Å². The molecule has 0 atom stereocenters. The third kappa shape index (κ3) is 5.61. The van der Waals surface area contributed by atoms with E-state index in [-0.39, 0.29) is 0 Å². The van der Waals surface area contributed by atoms with Gasteiger partial charge >= 0.3 is 6.18 Å². The van der Waals surface area contributed by atoms with Crippen LogP contribution < -0.4 is 10.2 Å². The first-order chi connectivity index (χ1) is 11.5. The van der Waals surface area contributed by atoms with E-state index in [0.29, 0.717) is 12.3 Å². The summed E-state index contributed by atoms with van der Waals surface area (Å²) in [6.45, 7) is 2.80. The van der Waals surface area contributed by atoms with Gasteiger partial charge in [-0.15, -0.1) is 0 Å². The molecule has 0 aromatic heterocycles. The quantitative estimate of drug-likeness (QED) is 0.421. The highest BCUT2D eigenvalue weighted by atomic mass is 19.4. The third-order valence-electron chi connectivity index (χ3n) is 3.27. The lowest BCUT2D eigenvalue weighted by Gasteiger charge is -2.07. The Hall–Kier alpha value is -2.50. The van der Waals surface area contributed by atoms with Crippen LogP contribution in [0.5, 0.6) is 5.75 Å². The molecule has 0 radical (unpaired) electrons. The van der Waals surface area contributed by atoms with Crippen molar-refractivity contribution >= 4 is 11.9 Å². The Morgan fingerprint density at radius 3 is 2.29 bits per heavy atom. The van der Waals surface area contributed by atoms with Crippen LogP contribution in [0.25, 0.3) is 0 Å². The van der Waals surface area contributed by atoms with Gasteiger partial charge in [0, 0.05) is 0 Å². The van der Waals surface area contributed by atoms with Gasteiger partial charge in [-0.1, -0.05) is 13.3 Å². The summed E-state index contributed by atoms with van der Waals surface area (Å²) in [4.78, 5) is 0. The number of unbranched alkanes of at least 4 members (excludes halogenated alkanes) is 1. The minimum atomic E-state index is -4.33. The van der Waals surface area contributed by atoms with E-state index < -0.39 is 11.7 Å². The Morgan fingerprint density at radius 2 is 1.71 bits per heavy atom. The maximum atomic E-state index is 12.5. The number of halogens is 3. The average molecular weight is 336 g/mol. The molecule has 0 saturated heterocycles. The molecule has 0 aliphatic rings. The molecule has 0 aliphatic carbocycles. The smallest absolute Gasteiger partial charge is 0.416 e. The molecule has 0 amide bonds. The minimum absolute atomic E-state index is 0.485. The fourth-order valence-corrected chi connectivity index (χ4v) is 1.90. The molecule has 2 aromatic rings. The lowest BCUT2D eigenvalue weighted by atomic mass is 10.2. The summed E-state index contributed by atoms with van der Waals surface area (Å²) < 4.78 is 43.0. The normalized spacial score (nSPS) is 11.7. The first kappa shape index (κ1) is 17.8. The largest absolute Gasteiger partial charge is 0.494 e. The number of rotatable bonds is 7. The zero-order chi connectivity index (χ0) is 17.4. The molecule has 0 heterocycles. The Kier molecular flexibility index (Phi) is 6.23. The van der Waals surface area contributed by atoms with E-state index >= 15 is 0 Å². The lowest BCUT2D eigenvalue weighted by molar-refractivity contribution is -0.137. The van der Waals surface area contributed by atoms with E-state index in [4.69, 9.17) is 4.74 Å². The SMILES string of the molecule is CCCCOc1ccc(C=NNc2ccc(C(F)(F)F)cc2)cc1. The molecule has 0 spiro atoms. The van der Waals surface area contributed by atoms with Gasteiger partial charge in [-0.25, -0.2) is 0 Å². The first-order valence-electron chi connectivity index (χ1n) is 7.68. The Morgan fingerprint density at radius 1 is 1.04 bits per heavy atom. The van der Waals surface area contributed by atoms with Gasteiger partial charge in [0.2, 0.25) is 0 Å². The Bertz CT molecular complexity index is 649. The summed E-state index contributed by atoms with van der Waals surface area (Å²) in [5.41, 5.74) is 3.36. The molecular weight excluding hydrogens is 317 g/mol. The van der Waals surface area contributed by atoms with Crippen molar-refractivity contribution in [3.8, 4) is 5.75 Å². The molecule has 0 bridgehead atoms. The van der Waals surface area contributed by atoms with Crippen LogP contribution in [0.3, 0.4) is 0 Å². The highest BCUT2D eigenvalue weighted by molar-refractivity contribution is 5.80. The van der Waals surface area contributed by atoms with Crippen LogP contribution in [0.2, 0.25) is 0 Å². The van der Waals surface area contributed by atoms with Crippen LogP contribution in [-0.2, 0) is 6.18 Å². The molecule has 1 N–H and O–H groups in total. The van der Waals surface area contributed by atoms with Gasteiger partial charge in [-0.2, -0.15) is 18.3 Å². The van der Waals surface area contributed by atoms with Crippen molar-refractivity contribution in [2.45, 2.75) is 25.9 Å². The summed E-state index contributed by atoms with van der Waals surface area (Å²) in [5, 5.41) is 4.01. The van der Waals surface area contributed by atoms with E-state index in [1.54, 1.807) is 6.21 Å². The highest BCUT2D eigenvalue weighted by Gasteiger charge is 2.29. The molecule has 3 nitrogen and oxygen atoms in total. The van der Waals surface area contributed by atoms with Crippen molar-refractivity contribution in [1.29, 1.82) is 0 Å². The fraction of sp³-hybridized carbons (Fsp3) is 0.278. The van der Waals surface area contributed by atoms with Crippen molar-refractivity contribution in [2.75, 3.05) is 12.0 Å². The van der Waals surface area contributed by atoms with Gasteiger partial charge in [-0.05, 0) is 60.5 Å². The van der Waals surface area contributed by atoms with Crippen molar-refractivity contribution in [3.63, 3.8) is 0 Å². The molecule has 0 unspecified atom stereocenters. The van der Waals surface area contributed by atoms with E-state index in [0.717, 1.165) is 36.3 Å². The predicted molar refractivity (Wildman–Crippen MR) is 89.5 cm³/mol. The fourth-order valence-electron chi connectivity index (χ4n) is 1.90. The zero-order valence-corrected chi connectivity index (χ0v) is 13.3. The number of hydrazone groups is 1. The van der Waals surface area contributed by atoms with Crippen molar-refractivity contribution < 1.29 is 17.9 Å². The summed E-state index contributed by atoms with van der Waals surface area (Å²) in [6, 6.07) is 12.1. The van der Waals surface area contributed by atoms with Crippen LogP contribution in [0.1, 0.15) is 30.9 Å². The standard InChI is InChI=1S/C18H19F3N2O/c1-2-3-12-24-17-10-4-14(5-11-17)13-22-23-16-8-6-15(7-9-16)18(19,20)21/h4-11,13,23H,2-3,12H2,1H3. The van der Waals surface area contributed by atoms with Crippen LogP contribution in [0.15, 0.2) is 53.6 Å². The molecule has 2 rings (SSSR count). The zero-order valence-electron chi connectivity index (χ0n) is 13.3. The number of alkyl halides is 3. The Balaban J connectivity index is 1.87. The molecule has 6 heteroatoms. The average Bonchev–Trinajstić information content (AvgIpc) is 2.56. The van der Waals surface area contributed by atoms with Crippen LogP contribution in [0.4, 0.5) is 18.9 Å². The molecular formula is C18H19F3N2O. The van der Waals surface area contributed by atoms with Gasteiger partial charge < -0.3 is 4.74 Å². The summed E-state index contributed by atoms with van der Waals surface area (Å²) >= 11 is 0. The number of hydrogen-bond donors (Lipinski definition) is 1. The highest BCUT2D eigenvalue weighted by Crippen LogP contribution is 2.29. The number of anilines is 1. The van der Waals surface area contributed by atoms with E-state index in [9.17, 15) is 13.2 Å². The maximum absolute atomic E-state index is 12.5. The number of nitrogens with zero attached hydrogens (tertiary/aromatic N) is 1. The third-order valence-corrected chi connectivity index (χ3v) is 3.27. The van der Waals surface area contributed by atoms with Crippen molar-refractivity contribution in [3.05, 3.63) is 59.7 Å². The molecule has 0 fully saturated rings. The van der Waals surface area contributed by atoms with Crippen LogP contribution in [-0.4, -0.2) is 12.8 Å². The van der Waals surface area contributed by atoms with Crippen molar-refractivity contribution in [2.24, 2.45) is 5.10 Å². The maximum Gasteiger partial charge on any atom is 0.416 e. The van der Waals surface area contributed by atoms with E-state index in [1.165, 1.54) is 12.1 Å². The number of nitrogens with one attached hydrogen (secondary N) is 1. The summed E-state index contributed by atoms with van der Waals surface area (Å²) in [6.07, 6.45) is -0.642. The second-order valence-corrected chi connectivity index (χ2v) is 5.22. The Labute approximate surface area is 139 Å². The topological polar surface area (TPSA) is 33.6 Å². The van der Waals surface area contributed by atoms with Crippen LogP contribution in [0, 0.1) is 0 Å². The monoisotopic (exact) mass is 336 g/mol. The number of hydrogen-bond acceptors (Lipinski definition) is 3. The second-order valence-electron chi connectivity index (χ2n) is 5.22. The van der Waals surface area contributed by atoms with Gasteiger partial charge in [0.05, 0.1) is 24.1 Å². The first-order valence-corrected chi connectivity index (χ1v) is 7.68. The van der Waals surface area contributed by atoms with Crippen molar-refractivity contribution in [1.82, 2.24) is 0 Å². The number of ether oxygens (including phenoxy) is 1. The lowest BCUT2D eigenvalue weighted by Crippen LogP contribution is -2.04. The van der Waals surface area contributed by atoms with Gasteiger partial charge in [-0.3, -0.25) is 5.43 Å². The van der Waals surface area contributed by atoms with E-state index in [2.05, 4.69) is 17.5 Å². The molecule has 0 aliphatic heterocycles. The summed E-state index contributed by atoms with van der Waals surface area (Å²) in [5.74, 6) is 0.802. The molecule has 2 aromatic carbocycles. The van der Waals surface area contributed by atoms with Gasteiger partial charge in [0.1, 0.15) is 5.75 Å². The second kappa shape index (κ2) is 8.38. The predicted octanol–water partition coefficient (Wildman–Crippen LogP) is 5.33.